The van der Waals surface area contributed by atoms with Gasteiger partial charge in [0.1, 0.15) is 0 Å². The van der Waals surface area contributed by atoms with Gasteiger partial charge in [0.2, 0.25) is 0 Å². The van der Waals surface area contributed by atoms with Crippen molar-refractivity contribution in [3.05, 3.63) is 11.6 Å². The van der Waals surface area contributed by atoms with E-state index in [1.807, 2.05) is 0 Å². The highest BCUT2D eigenvalue weighted by Crippen LogP contribution is 2.70. The van der Waals surface area contributed by atoms with Gasteiger partial charge in [-0.05, 0) is 91.8 Å². The van der Waals surface area contributed by atoms with Crippen LogP contribution >= 0.6 is 0 Å². The molecule has 168 valence electrons. The minimum absolute atomic E-state index is 0.107. The maximum absolute atomic E-state index is 10.3. The van der Waals surface area contributed by atoms with Gasteiger partial charge in [0.25, 0.3) is 0 Å². The van der Waals surface area contributed by atoms with E-state index in [1.54, 1.807) is 5.57 Å². The van der Waals surface area contributed by atoms with Gasteiger partial charge in [-0.2, -0.15) is 0 Å². The smallest absolute Gasteiger partial charge is 0.171 e. The summed E-state index contributed by atoms with van der Waals surface area (Å²) in [7, 11) is 0. The molecule has 3 nitrogen and oxygen atoms in total. The van der Waals surface area contributed by atoms with Crippen molar-refractivity contribution in [3.63, 3.8) is 0 Å². The number of aliphatic hydroxyl groups excluding tert-OH is 1. The van der Waals surface area contributed by atoms with Crippen LogP contribution in [0.4, 0.5) is 0 Å². The second-order valence-corrected chi connectivity index (χ2v) is 12.7. The minimum Gasteiger partial charge on any atom is -0.393 e. The first-order chi connectivity index (χ1) is 14.3. The molecule has 3 saturated carbocycles. The molecular formula is C27H42O3. The molecule has 3 heteroatoms. The van der Waals surface area contributed by atoms with E-state index in [0.29, 0.717) is 34.7 Å². The molecule has 30 heavy (non-hydrogen) atoms. The van der Waals surface area contributed by atoms with E-state index in [4.69, 9.17) is 9.47 Å². The Labute approximate surface area is 183 Å². The first-order valence-electron chi connectivity index (χ1n) is 13.0. The van der Waals surface area contributed by atoms with Crippen LogP contribution in [0.15, 0.2) is 11.6 Å². The zero-order chi connectivity index (χ0) is 20.9. The third-order valence-electron chi connectivity index (χ3n) is 11.3. The van der Waals surface area contributed by atoms with Crippen LogP contribution in [-0.2, 0) is 9.47 Å². The average Bonchev–Trinajstić information content (AvgIpc) is 3.16. The Balaban J connectivity index is 1.28. The summed E-state index contributed by atoms with van der Waals surface area (Å²) in [5.74, 6) is 3.94. The first-order valence-corrected chi connectivity index (χ1v) is 13.0. The van der Waals surface area contributed by atoms with Crippen molar-refractivity contribution in [2.24, 2.45) is 46.3 Å². The lowest BCUT2D eigenvalue weighted by Gasteiger charge is -2.58. The summed E-state index contributed by atoms with van der Waals surface area (Å²) in [5.41, 5.74) is 2.31. The van der Waals surface area contributed by atoms with Gasteiger partial charge in [0, 0.05) is 12.3 Å². The Kier molecular flexibility index (Phi) is 4.44. The van der Waals surface area contributed by atoms with Crippen molar-refractivity contribution in [2.75, 3.05) is 6.61 Å². The molecule has 5 fully saturated rings. The van der Waals surface area contributed by atoms with Gasteiger partial charge < -0.3 is 14.6 Å². The summed E-state index contributed by atoms with van der Waals surface area (Å²) < 4.78 is 13.3. The average molecular weight is 415 g/mol. The molecule has 2 aliphatic heterocycles. The van der Waals surface area contributed by atoms with E-state index >= 15 is 0 Å². The first kappa shape index (κ1) is 20.2. The summed E-state index contributed by atoms with van der Waals surface area (Å²) in [6, 6.07) is 0. The van der Waals surface area contributed by atoms with Crippen LogP contribution in [0.3, 0.4) is 0 Å². The molecule has 2 saturated heterocycles. The molecule has 11 atom stereocenters. The summed E-state index contributed by atoms with van der Waals surface area (Å²) in [5, 5.41) is 10.3. The summed E-state index contributed by atoms with van der Waals surface area (Å²) >= 11 is 0. The molecule has 2 heterocycles. The fourth-order valence-corrected chi connectivity index (χ4v) is 9.66. The van der Waals surface area contributed by atoms with Gasteiger partial charge >= 0.3 is 0 Å². The van der Waals surface area contributed by atoms with Crippen LogP contribution in [0.2, 0.25) is 0 Å². The van der Waals surface area contributed by atoms with E-state index < -0.39 is 0 Å². The van der Waals surface area contributed by atoms with Crippen LogP contribution in [0.1, 0.15) is 85.5 Å². The van der Waals surface area contributed by atoms with E-state index in [-0.39, 0.29) is 11.9 Å². The summed E-state index contributed by atoms with van der Waals surface area (Å²) in [6.07, 6.45) is 13.5. The van der Waals surface area contributed by atoms with Crippen molar-refractivity contribution >= 4 is 0 Å². The maximum atomic E-state index is 10.3. The molecule has 6 aliphatic rings. The number of ether oxygens (including phenoxy) is 2. The fourth-order valence-electron chi connectivity index (χ4n) is 9.66. The Bertz CT molecular complexity index is 736. The number of hydrogen-bond donors (Lipinski definition) is 1. The number of allylic oxidation sites excluding steroid dienone is 1. The largest absolute Gasteiger partial charge is 0.393 e. The summed E-state index contributed by atoms with van der Waals surface area (Å²) in [4.78, 5) is 0. The zero-order valence-electron chi connectivity index (χ0n) is 19.5. The molecule has 1 unspecified atom stereocenters. The van der Waals surface area contributed by atoms with Crippen molar-refractivity contribution in [3.8, 4) is 0 Å². The lowest BCUT2D eigenvalue weighted by atomic mass is 9.47. The SMILES string of the molecule is C[C@@H]1CC[C@@]2(OC1)O[C@H]1C[C@H]3C4CC=C5C[C@@H](O)CC[C@]5(C)[C@H]4CC[C@]3(C)[C@H]1[C@@H]2C. The highest BCUT2D eigenvalue weighted by molar-refractivity contribution is 5.26. The zero-order valence-corrected chi connectivity index (χ0v) is 19.5. The van der Waals surface area contributed by atoms with Gasteiger partial charge in [0.15, 0.2) is 5.79 Å². The van der Waals surface area contributed by atoms with Gasteiger partial charge in [0.05, 0.1) is 18.8 Å². The van der Waals surface area contributed by atoms with Gasteiger partial charge in [-0.25, -0.2) is 0 Å². The highest BCUT2D eigenvalue weighted by atomic mass is 16.7. The van der Waals surface area contributed by atoms with Crippen molar-refractivity contribution in [1.82, 2.24) is 0 Å². The van der Waals surface area contributed by atoms with Crippen LogP contribution < -0.4 is 0 Å². The predicted molar refractivity (Wildman–Crippen MR) is 118 cm³/mol. The Morgan fingerprint density at radius 3 is 2.63 bits per heavy atom. The molecule has 6 rings (SSSR count). The van der Waals surface area contributed by atoms with Crippen LogP contribution in [0, 0.1) is 46.3 Å². The molecule has 0 aromatic carbocycles. The fraction of sp³-hybridized carbons (Fsp3) is 0.926. The molecule has 1 N–H and O–H groups in total. The molecule has 0 aromatic heterocycles. The van der Waals surface area contributed by atoms with E-state index in [1.165, 1.54) is 38.5 Å². The molecule has 4 aliphatic carbocycles. The molecule has 0 amide bonds. The maximum Gasteiger partial charge on any atom is 0.171 e. The van der Waals surface area contributed by atoms with Crippen molar-refractivity contribution in [2.45, 2.75) is 103 Å². The van der Waals surface area contributed by atoms with Crippen molar-refractivity contribution < 1.29 is 14.6 Å². The second-order valence-electron chi connectivity index (χ2n) is 12.7. The Morgan fingerprint density at radius 1 is 1.03 bits per heavy atom. The third kappa shape index (κ3) is 2.55. The second kappa shape index (κ2) is 6.58. The summed E-state index contributed by atoms with van der Waals surface area (Å²) in [6.45, 7) is 10.8. The number of aliphatic hydroxyl groups is 1. The van der Waals surface area contributed by atoms with Crippen LogP contribution in [-0.4, -0.2) is 29.7 Å². The predicted octanol–water partition coefficient (Wildman–Crippen LogP) is 5.71. The van der Waals surface area contributed by atoms with Crippen LogP contribution in [0.5, 0.6) is 0 Å². The van der Waals surface area contributed by atoms with Gasteiger partial charge in [-0.3, -0.25) is 0 Å². The van der Waals surface area contributed by atoms with E-state index in [2.05, 4.69) is 33.8 Å². The molecule has 0 aromatic rings. The lowest BCUT2D eigenvalue weighted by Crippen LogP contribution is -2.52. The quantitative estimate of drug-likeness (QED) is 0.516. The number of hydrogen-bond acceptors (Lipinski definition) is 3. The molecular weight excluding hydrogens is 372 g/mol. The Morgan fingerprint density at radius 2 is 1.87 bits per heavy atom. The Hall–Kier alpha value is -0.380. The monoisotopic (exact) mass is 414 g/mol. The highest BCUT2D eigenvalue weighted by Gasteiger charge is 2.68. The normalized spacial score (nSPS) is 59.8. The van der Waals surface area contributed by atoms with Gasteiger partial charge in [-0.1, -0.05) is 39.3 Å². The standard InChI is InChI=1S/C27H42O3/c1-16-7-12-27(29-15-16)17(2)24-23(30-27)14-22-20-6-5-18-13-19(28)8-10-25(18,3)21(20)9-11-26(22,24)4/h5,16-17,19-24,28H,6-15H2,1-4H3/t16-,17+,19+,20?,21+,22+,23+,24+,25+,26+,27-/m1/s1. The third-order valence-corrected chi connectivity index (χ3v) is 11.3. The van der Waals surface area contributed by atoms with Gasteiger partial charge in [-0.15, -0.1) is 0 Å². The van der Waals surface area contributed by atoms with Crippen LogP contribution in [0.25, 0.3) is 0 Å². The molecule has 0 radical (unpaired) electrons. The van der Waals surface area contributed by atoms with E-state index in [0.717, 1.165) is 43.6 Å². The number of fused-ring (bicyclic) bond motifs is 7. The lowest BCUT2D eigenvalue weighted by molar-refractivity contribution is -0.272. The minimum atomic E-state index is -0.294. The van der Waals surface area contributed by atoms with Crippen molar-refractivity contribution in [1.29, 1.82) is 0 Å². The molecule has 1 spiro atoms. The molecule has 0 bridgehead atoms. The van der Waals surface area contributed by atoms with E-state index in [9.17, 15) is 5.11 Å². The number of rotatable bonds is 0. The topological polar surface area (TPSA) is 38.7 Å².